The van der Waals surface area contributed by atoms with Crippen LogP contribution in [0.4, 0.5) is 0 Å². The summed E-state index contributed by atoms with van der Waals surface area (Å²) in [6.45, 7) is 5.06. The van der Waals surface area contributed by atoms with Crippen molar-refractivity contribution >= 4 is 0 Å². The lowest BCUT2D eigenvalue weighted by Gasteiger charge is -2.24. The van der Waals surface area contributed by atoms with Crippen LogP contribution in [0.3, 0.4) is 0 Å². The zero-order valence-electron chi connectivity index (χ0n) is 22.0. The summed E-state index contributed by atoms with van der Waals surface area (Å²) >= 11 is 0. The standard InChI is InChI=1S/C31H33N3O4/c1-3-4-10-25-26(33(2)32-31(25)24-8-6-5-7-9-24)19-34(17-22-11-13-27-29(15-22)37-20-35-27)18-23-12-14-28-30(16-23)38-21-36-28/h5-9,11-16H,3-4,10,17-21H2,1-2H3. The Morgan fingerprint density at radius 3 is 1.97 bits per heavy atom. The maximum Gasteiger partial charge on any atom is 0.231 e. The number of rotatable bonds is 10. The van der Waals surface area contributed by atoms with Gasteiger partial charge in [-0.15, -0.1) is 0 Å². The van der Waals surface area contributed by atoms with Gasteiger partial charge in [0.25, 0.3) is 0 Å². The van der Waals surface area contributed by atoms with Crippen molar-refractivity contribution in [2.45, 2.75) is 45.8 Å². The molecule has 0 spiro atoms. The predicted molar refractivity (Wildman–Crippen MR) is 145 cm³/mol. The maximum absolute atomic E-state index is 5.66. The SMILES string of the molecule is CCCCc1c(-c2ccccc2)nn(C)c1CN(Cc1ccc2c(c1)OCO2)Cc1ccc2c(c1)OCO2. The van der Waals surface area contributed by atoms with Crippen LogP contribution in [-0.2, 0) is 33.1 Å². The summed E-state index contributed by atoms with van der Waals surface area (Å²) in [5, 5.41) is 5.01. The summed E-state index contributed by atoms with van der Waals surface area (Å²) in [5.74, 6) is 3.22. The number of fused-ring (bicyclic) bond motifs is 2. The van der Waals surface area contributed by atoms with E-state index in [1.165, 1.54) is 27.9 Å². The first-order valence-electron chi connectivity index (χ1n) is 13.3. The zero-order valence-corrected chi connectivity index (χ0v) is 22.0. The molecule has 2 aliphatic rings. The predicted octanol–water partition coefficient (Wildman–Crippen LogP) is 6.09. The van der Waals surface area contributed by atoms with Crippen LogP contribution in [-0.4, -0.2) is 28.3 Å². The molecule has 38 heavy (non-hydrogen) atoms. The lowest BCUT2D eigenvalue weighted by Crippen LogP contribution is -2.24. The minimum absolute atomic E-state index is 0.276. The van der Waals surface area contributed by atoms with E-state index in [2.05, 4.69) is 78.2 Å². The highest BCUT2D eigenvalue weighted by Gasteiger charge is 2.22. The second-order valence-electron chi connectivity index (χ2n) is 9.89. The Kier molecular flexibility index (Phi) is 6.92. The van der Waals surface area contributed by atoms with Gasteiger partial charge in [-0.05, 0) is 48.2 Å². The summed E-state index contributed by atoms with van der Waals surface area (Å²) < 4.78 is 24.4. The Morgan fingerprint density at radius 2 is 1.37 bits per heavy atom. The fourth-order valence-corrected chi connectivity index (χ4v) is 5.22. The van der Waals surface area contributed by atoms with Crippen molar-refractivity contribution in [1.29, 1.82) is 0 Å². The molecule has 7 heteroatoms. The fourth-order valence-electron chi connectivity index (χ4n) is 5.22. The highest BCUT2D eigenvalue weighted by molar-refractivity contribution is 5.64. The molecule has 0 N–H and O–H groups in total. The molecule has 0 radical (unpaired) electrons. The molecule has 0 saturated heterocycles. The van der Waals surface area contributed by atoms with E-state index in [-0.39, 0.29) is 13.6 Å². The first kappa shape index (κ1) is 24.4. The van der Waals surface area contributed by atoms with Crippen molar-refractivity contribution < 1.29 is 18.9 Å². The Bertz CT molecular complexity index is 1360. The number of nitrogens with zero attached hydrogens (tertiary/aromatic N) is 3. The van der Waals surface area contributed by atoms with Gasteiger partial charge in [-0.25, -0.2) is 0 Å². The Morgan fingerprint density at radius 1 is 0.763 bits per heavy atom. The van der Waals surface area contributed by atoms with Crippen LogP contribution >= 0.6 is 0 Å². The number of hydrogen-bond acceptors (Lipinski definition) is 6. The number of ether oxygens (including phenoxy) is 4. The maximum atomic E-state index is 5.66. The first-order valence-corrected chi connectivity index (χ1v) is 13.3. The van der Waals surface area contributed by atoms with E-state index in [9.17, 15) is 0 Å². The number of unbranched alkanes of at least 4 members (excludes halogenated alkanes) is 1. The van der Waals surface area contributed by atoms with Gasteiger partial charge in [0.15, 0.2) is 23.0 Å². The number of aryl methyl sites for hydroxylation is 1. The summed E-state index contributed by atoms with van der Waals surface area (Å²) in [6, 6.07) is 22.9. The van der Waals surface area contributed by atoms with E-state index in [0.29, 0.717) is 0 Å². The van der Waals surface area contributed by atoms with Crippen LogP contribution in [0, 0.1) is 0 Å². The second-order valence-corrected chi connectivity index (χ2v) is 9.89. The van der Waals surface area contributed by atoms with E-state index in [0.717, 1.165) is 67.6 Å². The Labute approximate surface area is 223 Å². The fraction of sp³-hybridized carbons (Fsp3) is 0.323. The summed E-state index contributed by atoms with van der Waals surface area (Å²) in [5.41, 5.74) is 7.19. The quantitative estimate of drug-likeness (QED) is 0.257. The van der Waals surface area contributed by atoms with Crippen molar-refractivity contribution in [3.05, 3.63) is 89.1 Å². The summed E-state index contributed by atoms with van der Waals surface area (Å²) in [6.07, 6.45) is 3.27. The van der Waals surface area contributed by atoms with Crippen LogP contribution in [0.5, 0.6) is 23.0 Å². The molecule has 0 bridgehead atoms. The number of aromatic nitrogens is 2. The van der Waals surface area contributed by atoms with Crippen LogP contribution in [0.15, 0.2) is 66.7 Å². The largest absolute Gasteiger partial charge is 0.454 e. The molecule has 0 atom stereocenters. The molecule has 0 fully saturated rings. The van der Waals surface area contributed by atoms with E-state index < -0.39 is 0 Å². The first-order chi connectivity index (χ1) is 18.7. The average Bonchev–Trinajstić information content (AvgIpc) is 3.67. The molecule has 196 valence electrons. The van der Waals surface area contributed by atoms with Crippen LogP contribution in [0.2, 0.25) is 0 Å². The third-order valence-electron chi connectivity index (χ3n) is 7.16. The van der Waals surface area contributed by atoms with Crippen molar-refractivity contribution in [1.82, 2.24) is 14.7 Å². The molecular weight excluding hydrogens is 478 g/mol. The van der Waals surface area contributed by atoms with Gasteiger partial charge in [-0.3, -0.25) is 9.58 Å². The van der Waals surface area contributed by atoms with Crippen molar-refractivity contribution in [2.75, 3.05) is 13.6 Å². The van der Waals surface area contributed by atoms with E-state index in [1.807, 2.05) is 12.1 Å². The summed E-state index contributed by atoms with van der Waals surface area (Å²) in [4.78, 5) is 2.45. The topological polar surface area (TPSA) is 58.0 Å². The van der Waals surface area contributed by atoms with Crippen molar-refractivity contribution in [3.63, 3.8) is 0 Å². The summed E-state index contributed by atoms with van der Waals surface area (Å²) in [7, 11) is 2.07. The number of hydrogen-bond donors (Lipinski definition) is 0. The van der Waals surface area contributed by atoms with Crippen molar-refractivity contribution in [2.24, 2.45) is 7.05 Å². The third kappa shape index (κ3) is 5.07. The Balaban J connectivity index is 1.34. The molecule has 0 aliphatic carbocycles. The lowest BCUT2D eigenvalue weighted by molar-refractivity contribution is 0.173. The van der Waals surface area contributed by atoms with Gasteiger partial charge in [0.05, 0.1) is 11.4 Å². The van der Waals surface area contributed by atoms with Gasteiger partial charge in [0, 0.05) is 37.8 Å². The molecule has 0 unspecified atom stereocenters. The molecule has 1 aromatic heterocycles. The Hall–Kier alpha value is -3.97. The van der Waals surface area contributed by atoms with Gasteiger partial charge in [-0.1, -0.05) is 55.8 Å². The molecule has 2 aliphatic heterocycles. The highest BCUT2D eigenvalue weighted by atomic mass is 16.7. The molecule has 4 aromatic rings. The van der Waals surface area contributed by atoms with Crippen molar-refractivity contribution in [3.8, 4) is 34.3 Å². The van der Waals surface area contributed by atoms with Crippen LogP contribution in [0.25, 0.3) is 11.3 Å². The molecule has 0 saturated carbocycles. The molecular formula is C31H33N3O4. The third-order valence-corrected chi connectivity index (χ3v) is 7.16. The smallest absolute Gasteiger partial charge is 0.231 e. The lowest BCUT2D eigenvalue weighted by atomic mass is 10.0. The molecule has 7 nitrogen and oxygen atoms in total. The van der Waals surface area contributed by atoms with Gasteiger partial charge in [-0.2, -0.15) is 5.10 Å². The van der Waals surface area contributed by atoms with Gasteiger partial charge in [0.2, 0.25) is 13.6 Å². The highest BCUT2D eigenvalue weighted by Crippen LogP contribution is 2.35. The number of benzene rings is 3. The normalized spacial score (nSPS) is 13.4. The van der Waals surface area contributed by atoms with E-state index in [4.69, 9.17) is 24.0 Å². The van der Waals surface area contributed by atoms with E-state index in [1.54, 1.807) is 0 Å². The molecule has 3 heterocycles. The van der Waals surface area contributed by atoms with Crippen LogP contribution in [0.1, 0.15) is 42.1 Å². The average molecular weight is 512 g/mol. The minimum Gasteiger partial charge on any atom is -0.454 e. The monoisotopic (exact) mass is 511 g/mol. The van der Waals surface area contributed by atoms with E-state index >= 15 is 0 Å². The van der Waals surface area contributed by atoms with Gasteiger partial charge < -0.3 is 18.9 Å². The van der Waals surface area contributed by atoms with Gasteiger partial charge in [0.1, 0.15) is 0 Å². The minimum atomic E-state index is 0.276. The van der Waals surface area contributed by atoms with Crippen LogP contribution < -0.4 is 18.9 Å². The van der Waals surface area contributed by atoms with Gasteiger partial charge >= 0.3 is 0 Å². The zero-order chi connectivity index (χ0) is 25.9. The molecule has 3 aromatic carbocycles. The second kappa shape index (κ2) is 10.8. The molecule has 0 amide bonds. The molecule has 6 rings (SSSR count).